The molecule has 0 N–H and O–H groups in total. The first-order valence-electron chi connectivity index (χ1n) is 6.32. The second-order valence-electron chi connectivity index (χ2n) is 5.01. The topological polar surface area (TPSA) is 42.2 Å². The molecule has 0 aliphatic carbocycles. The predicted molar refractivity (Wildman–Crippen MR) is 71.9 cm³/mol. The van der Waals surface area contributed by atoms with Gasteiger partial charge in [0.1, 0.15) is 17.6 Å². The molecule has 1 rings (SSSR count). The number of rotatable bonds is 6. The van der Waals surface area contributed by atoms with Crippen LogP contribution in [0, 0.1) is 16.7 Å². The molecule has 3 heteroatoms. The smallest absolute Gasteiger partial charge is 0.140 e. The number of ether oxygens (including phenoxy) is 2. The molecular formula is C15H21NO2. The molecule has 0 bridgehead atoms. The maximum Gasteiger partial charge on any atom is 0.140 e. The first kappa shape index (κ1) is 14.4. The molecule has 0 aliphatic heterocycles. The van der Waals surface area contributed by atoms with Gasteiger partial charge in [0.2, 0.25) is 0 Å². The Labute approximate surface area is 109 Å². The first-order chi connectivity index (χ1) is 8.52. The van der Waals surface area contributed by atoms with Crippen LogP contribution < -0.4 is 9.47 Å². The Morgan fingerprint density at radius 3 is 2.50 bits per heavy atom. The SMILES string of the molecule is CCOc1ccc(C#N)c(OCC(C)(C)CC)c1. The zero-order valence-corrected chi connectivity index (χ0v) is 11.6. The van der Waals surface area contributed by atoms with Gasteiger partial charge in [0, 0.05) is 6.07 Å². The zero-order valence-electron chi connectivity index (χ0n) is 11.6. The van der Waals surface area contributed by atoms with Gasteiger partial charge in [-0.25, -0.2) is 0 Å². The Morgan fingerprint density at radius 2 is 1.94 bits per heavy atom. The van der Waals surface area contributed by atoms with Gasteiger partial charge in [0.05, 0.1) is 18.8 Å². The molecule has 0 atom stereocenters. The van der Waals surface area contributed by atoms with E-state index >= 15 is 0 Å². The molecule has 0 aliphatic rings. The molecule has 1 aromatic rings. The van der Waals surface area contributed by atoms with E-state index in [1.165, 1.54) is 0 Å². The summed E-state index contributed by atoms with van der Waals surface area (Å²) < 4.78 is 11.2. The minimum atomic E-state index is 0.105. The van der Waals surface area contributed by atoms with Crippen molar-refractivity contribution in [2.45, 2.75) is 34.1 Å². The molecule has 0 radical (unpaired) electrons. The molecule has 0 heterocycles. The number of nitrogens with zero attached hydrogens (tertiary/aromatic N) is 1. The summed E-state index contributed by atoms with van der Waals surface area (Å²) in [6, 6.07) is 7.45. The summed E-state index contributed by atoms with van der Waals surface area (Å²) in [6.07, 6.45) is 1.03. The average molecular weight is 247 g/mol. The quantitative estimate of drug-likeness (QED) is 0.768. The van der Waals surface area contributed by atoms with Crippen molar-refractivity contribution in [1.82, 2.24) is 0 Å². The Balaban J connectivity index is 2.85. The highest BCUT2D eigenvalue weighted by atomic mass is 16.5. The van der Waals surface area contributed by atoms with E-state index in [2.05, 4.69) is 26.8 Å². The van der Waals surface area contributed by atoms with Gasteiger partial charge in [0.25, 0.3) is 0 Å². The lowest BCUT2D eigenvalue weighted by atomic mass is 9.92. The third kappa shape index (κ3) is 3.96. The van der Waals surface area contributed by atoms with Crippen molar-refractivity contribution in [3.8, 4) is 17.6 Å². The summed E-state index contributed by atoms with van der Waals surface area (Å²) in [5.41, 5.74) is 0.652. The monoisotopic (exact) mass is 247 g/mol. The van der Waals surface area contributed by atoms with Crippen LogP contribution in [0.25, 0.3) is 0 Å². The number of hydrogen-bond acceptors (Lipinski definition) is 3. The lowest BCUT2D eigenvalue weighted by Gasteiger charge is -2.23. The van der Waals surface area contributed by atoms with Crippen molar-refractivity contribution in [3.63, 3.8) is 0 Å². The molecule has 1 aromatic carbocycles. The third-order valence-electron chi connectivity index (χ3n) is 2.96. The van der Waals surface area contributed by atoms with Crippen molar-refractivity contribution >= 4 is 0 Å². The molecule has 0 aromatic heterocycles. The normalized spacial score (nSPS) is 10.8. The molecular weight excluding hydrogens is 226 g/mol. The van der Waals surface area contributed by atoms with E-state index < -0.39 is 0 Å². The second-order valence-corrected chi connectivity index (χ2v) is 5.01. The van der Waals surface area contributed by atoms with Crippen molar-refractivity contribution < 1.29 is 9.47 Å². The Kier molecular flexibility index (Phi) is 5.03. The van der Waals surface area contributed by atoms with Gasteiger partial charge in [-0.15, -0.1) is 0 Å². The van der Waals surface area contributed by atoms with Gasteiger partial charge in [-0.1, -0.05) is 20.8 Å². The van der Waals surface area contributed by atoms with Crippen LogP contribution in [0.5, 0.6) is 11.5 Å². The van der Waals surface area contributed by atoms with Gasteiger partial charge >= 0.3 is 0 Å². The first-order valence-corrected chi connectivity index (χ1v) is 6.32. The molecule has 0 fully saturated rings. The number of benzene rings is 1. The van der Waals surface area contributed by atoms with E-state index in [0.717, 1.165) is 12.2 Å². The van der Waals surface area contributed by atoms with Crippen LogP contribution in [0.1, 0.15) is 39.7 Å². The van der Waals surface area contributed by atoms with Crippen LogP contribution in [-0.4, -0.2) is 13.2 Å². The Hall–Kier alpha value is -1.69. The highest BCUT2D eigenvalue weighted by molar-refractivity contribution is 5.47. The summed E-state index contributed by atoms with van der Waals surface area (Å²) in [6.45, 7) is 9.54. The van der Waals surface area contributed by atoms with E-state index in [9.17, 15) is 0 Å². The fraction of sp³-hybridized carbons (Fsp3) is 0.533. The summed E-state index contributed by atoms with van der Waals surface area (Å²) in [7, 11) is 0. The molecule has 0 unspecified atom stereocenters. The largest absolute Gasteiger partial charge is 0.494 e. The highest BCUT2D eigenvalue weighted by Crippen LogP contribution is 2.27. The van der Waals surface area contributed by atoms with Gasteiger partial charge in [-0.3, -0.25) is 0 Å². The minimum Gasteiger partial charge on any atom is -0.494 e. The summed E-state index contributed by atoms with van der Waals surface area (Å²) in [5, 5.41) is 9.06. The predicted octanol–water partition coefficient (Wildman–Crippen LogP) is 3.77. The van der Waals surface area contributed by atoms with Crippen molar-refractivity contribution in [1.29, 1.82) is 5.26 Å². The van der Waals surface area contributed by atoms with E-state index in [1.807, 2.05) is 6.92 Å². The van der Waals surface area contributed by atoms with Crippen LogP contribution in [-0.2, 0) is 0 Å². The summed E-state index contributed by atoms with van der Waals surface area (Å²) >= 11 is 0. The molecule has 3 nitrogen and oxygen atoms in total. The van der Waals surface area contributed by atoms with Crippen molar-refractivity contribution in [2.75, 3.05) is 13.2 Å². The highest BCUT2D eigenvalue weighted by Gasteiger charge is 2.17. The Morgan fingerprint density at radius 1 is 1.22 bits per heavy atom. The van der Waals surface area contributed by atoms with Crippen LogP contribution in [0.3, 0.4) is 0 Å². The van der Waals surface area contributed by atoms with Crippen molar-refractivity contribution in [2.24, 2.45) is 5.41 Å². The van der Waals surface area contributed by atoms with Crippen LogP contribution in [0.15, 0.2) is 18.2 Å². The summed E-state index contributed by atoms with van der Waals surface area (Å²) in [4.78, 5) is 0. The maximum atomic E-state index is 9.06. The third-order valence-corrected chi connectivity index (χ3v) is 2.96. The molecule has 0 saturated heterocycles. The summed E-state index contributed by atoms with van der Waals surface area (Å²) in [5.74, 6) is 1.34. The molecule has 0 amide bonds. The fourth-order valence-electron chi connectivity index (χ4n) is 1.35. The molecule has 98 valence electrons. The minimum absolute atomic E-state index is 0.105. The van der Waals surface area contributed by atoms with Crippen LogP contribution in [0.4, 0.5) is 0 Å². The molecule has 0 spiro atoms. The van der Waals surface area contributed by atoms with E-state index in [-0.39, 0.29) is 5.41 Å². The maximum absolute atomic E-state index is 9.06. The van der Waals surface area contributed by atoms with Crippen LogP contribution in [0.2, 0.25) is 0 Å². The average Bonchev–Trinajstić information content (AvgIpc) is 2.37. The zero-order chi connectivity index (χ0) is 13.6. The van der Waals surface area contributed by atoms with Crippen molar-refractivity contribution in [3.05, 3.63) is 23.8 Å². The van der Waals surface area contributed by atoms with E-state index in [1.54, 1.807) is 18.2 Å². The lowest BCUT2D eigenvalue weighted by molar-refractivity contribution is 0.174. The molecule has 18 heavy (non-hydrogen) atoms. The number of hydrogen-bond donors (Lipinski definition) is 0. The fourth-order valence-corrected chi connectivity index (χ4v) is 1.35. The van der Waals surface area contributed by atoms with Gasteiger partial charge in [-0.05, 0) is 30.9 Å². The van der Waals surface area contributed by atoms with Crippen LogP contribution >= 0.6 is 0 Å². The number of nitriles is 1. The van der Waals surface area contributed by atoms with Gasteiger partial charge in [-0.2, -0.15) is 5.26 Å². The van der Waals surface area contributed by atoms with Gasteiger partial charge in [0.15, 0.2) is 0 Å². The standard InChI is InChI=1S/C15H21NO2/c1-5-15(3,4)11-18-14-9-13(17-6-2)8-7-12(14)10-16/h7-9H,5-6,11H2,1-4H3. The van der Waals surface area contributed by atoms with Gasteiger partial charge < -0.3 is 9.47 Å². The van der Waals surface area contributed by atoms with E-state index in [0.29, 0.717) is 24.5 Å². The lowest BCUT2D eigenvalue weighted by Crippen LogP contribution is -2.20. The van der Waals surface area contributed by atoms with E-state index in [4.69, 9.17) is 14.7 Å². The molecule has 0 saturated carbocycles. The Bertz CT molecular complexity index is 433. The second kappa shape index (κ2) is 6.30.